The van der Waals surface area contributed by atoms with Gasteiger partial charge in [-0.05, 0) is 17.9 Å². The summed E-state index contributed by atoms with van der Waals surface area (Å²) in [6.45, 7) is 0.831. The molecule has 19 heavy (non-hydrogen) atoms. The van der Waals surface area contributed by atoms with E-state index in [9.17, 15) is 9.90 Å². The Labute approximate surface area is 113 Å². The number of aliphatic hydroxyl groups excluding tert-OH is 1. The quantitative estimate of drug-likeness (QED) is 0.893. The molecule has 102 valence electrons. The van der Waals surface area contributed by atoms with Gasteiger partial charge < -0.3 is 14.6 Å². The molecule has 0 bridgehead atoms. The van der Waals surface area contributed by atoms with E-state index in [1.165, 1.54) is 0 Å². The second kappa shape index (κ2) is 5.89. The van der Waals surface area contributed by atoms with Crippen LogP contribution >= 0.6 is 0 Å². The molecular weight excluding hydrogens is 240 g/mol. The first-order valence-corrected chi connectivity index (χ1v) is 6.51. The summed E-state index contributed by atoms with van der Waals surface area (Å²) >= 11 is 0. The molecule has 1 N–H and O–H groups in total. The Balaban J connectivity index is 2.11. The minimum absolute atomic E-state index is 0.0397. The molecule has 1 aromatic heterocycles. The van der Waals surface area contributed by atoms with Crippen molar-refractivity contribution in [3.63, 3.8) is 0 Å². The van der Waals surface area contributed by atoms with Crippen LogP contribution in [0.5, 0.6) is 0 Å². The van der Waals surface area contributed by atoms with E-state index >= 15 is 0 Å². The van der Waals surface area contributed by atoms with E-state index < -0.39 is 0 Å². The van der Waals surface area contributed by atoms with Crippen molar-refractivity contribution >= 4 is 16.8 Å². The number of carbonyl (C=O) groups is 1. The number of amides is 1. The summed E-state index contributed by atoms with van der Waals surface area (Å²) in [5.41, 5.74) is 2.00. The third-order valence-corrected chi connectivity index (χ3v) is 3.33. The van der Waals surface area contributed by atoms with E-state index in [-0.39, 0.29) is 12.5 Å². The maximum Gasteiger partial charge on any atom is 0.222 e. The highest BCUT2D eigenvalue weighted by Gasteiger charge is 2.07. The number of carbonyl (C=O) groups excluding carboxylic acids is 1. The lowest BCUT2D eigenvalue weighted by Gasteiger charge is -2.11. The Morgan fingerprint density at radius 1 is 1.32 bits per heavy atom. The van der Waals surface area contributed by atoms with Crippen LogP contribution in [-0.2, 0) is 17.9 Å². The summed E-state index contributed by atoms with van der Waals surface area (Å²) in [4.78, 5) is 13.2. The van der Waals surface area contributed by atoms with Crippen LogP contribution in [0.25, 0.3) is 10.9 Å². The summed E-state index contributed by atoms with van der Waals surface area (Å²) < 4.78 is 2.11. The van der Waals surface area contributed by atoms with Gasteiger partial charge in [-0.15, -0.1) is 0 Å². The molecule has 2 aromatic rings. The number of hydrogen-bond donors (Lipinski definition) is 1. The van der Waals surface area contributed by atoms with E-state index in [4.69, 9.17) is 0 Å². The number of benzene rings is 1. The molecule has 2 rings (SSSR count). The van der Waals surface area contributed by atoms with Gasteiger partial charge in [-0.2, -0.15) is 0 Å². The standard InChI is InChI=1S/C15H20N2O2/c1-16(2)14(19)7-4-9-17-10-8-12-5-3-6-13(11-18)15(12)17/h3,5-6,8,10,18H,4,7,9,11H2,1-2H3. The molecule has 0 saturated carbocycles. The van der Waals surface area contributed by atoms with Gasteiger partial charge in [0.2, 0.25) is 5.91 Å². The molecule has 1 amide bonds. The topological polar surface area (TPSA) is 45.5 Å². The molecule has 1 aromatic carbocycles. The highest BCUT2D eigenvalue weighted by atomic mass is 16.3. The van der Waals surface area contributed by atoms with Gasteiger partial charge in [0.1, 0.15) is 0 Å². The molecular formula is C15H20N2O2. The lowest BCUT2D eigenvalue weighted by molar-refractivity contribution is -0.128. The van der Waals surface area contributed by atoms with Gasteiger partial charge in [-0.3, -0.25) is 4.79 Å². The van der Waals surface area contributed by atoms with E-state index in [1.54, 1.807) is 19.0 Å². The number of hydrogen-bond acceptors (Lipinski definition) is 2. The van der Waals surface area contributed by atoms with E-state index in [1.807, 2.05) is 30.5 Å². The first-order valence-electron chi connectivity index (χ1n) is 6.51. The van der Waals surface area contributed by atoms with E-state index in [2.05, 4.69) is 4.57 Å². The second-order valence-corrected chi connectivity index (χ2v) is 4.91. The van der Waals surface area contributed by atoms with Crippen LogP contribution in [0.2, 0.25) is 0 Å². The van der Waals surface area contributed by atoms with E-state index in [0.717, 1.165) is 29.4 Å². The molecule has 4 heteroatoms. The molecule has 0 aliphatic heterocycles. The lowest BCUT2D eigenvalue weighted by atomic mass is 10.1. The molecule has 0 atom stereocenters. The van der Waals surface area contributed by atoms with Crippen molar-refractivity contribution in [1.29, 1.82) is 0 Å². The van der Waals surface area contributed by atoms with Gasteiger partial charge in [-0.1, -0.05) is 18.2 Å². The van der Waals surface area contributed by atoms with Gasteiger partial charge in [0, 0.05) is 38.8 Å². The Morgan fingerprint density at radius 2 is 2.11 bits per heavy atom. The summed E-state index contributed by atoms with van der Waals surface area (Å²) in [6.07, 6.45) is 3.37. The summed E-state index contributed by atoms with van der Waals surface area (Å²) in [5.74, 6) is 0.152. The molecule has 0 saturated heterocycles. The Bertz CT molecular complexity index is 573. The van der Waals surface area contributed by atoms with Crippen molar-refractivity contribution in [1.82, 2.24) is 9.47 Å². The molecule has 0 radical (unpaired) electrons. The Hall–Kier alpha value is -1.81. The van der Waals surface area contributed by atoms with Crippen molar-refractivity contribution in [3.05, 3.63) is 36.0 Å². The summed E-state index contributed by atoms with van der Waals surface area (Å²) in [7, 11) is 3.55. The fourth-order valence-corrected chi connectivity index (χ4v) is 2.28. The number of aryl methyl sites for hydroxylation is 1. The zero-order valence-corrected chi connectivity index (χ0v) is 11.5. The number of nitrogens with zero attached hydrogens (tertiary/aromatic N) is 2. The van der Waals surface area contributed by atoms with Crippen molar-refractivity contribution in [2.24, 2.45) is 0 Å². The highest BCUT2D eigenvalue weighted by molar-refractivity contribution is 5.83. The largest absolute Gasteiger partial charge is 0.392 e. The minimum atomic E-state index is 0.0397. The second-order valence-electron chi connectivity index (χ2n) is 4.91. The first-order chi connectivity index (χ1) is 9.13. The Kier molecular flexibility index (Phi) is 4.22. The number of aliphatic hydroxyl groups is 1. The van der Waals surface area contributed by atoms with Crippen molar-refractivity contribution in [2.45, 2.75) is 26.0 Å². The van der Waals surface area contributed by atoms with Gasteiger partial charge in [-0.25, -0.2) is 0 Å². The number of rotatable bonds is 5. The van der Waals surface area contributed by atoms with Crippen LogP contribution in [0, 0.1) is 0 Å². The predicted molar refractivity (Wildman–Crippen MR) is 75.8 cm³/mol. The van der Waals surface area contributed by atoms with Crippen molar-refractivity contribution in [2.75, 3.05) is 14.1 Å². The van der Waals surface area contributed by atoms with Crippen LogP contribution in [0.3, 0.4) is 0 Å². The zero-order chi connectivity index (χ0) is 13.8. The van der Waals surface area contributed by atoms with Crippen LogP contribution in [0.15, 0.2) is 30.5 Å². The van der Waals surface area contributed by atoms with Gasteiger partial charge in [0.25, 0.3) is 0 Å². The normalized spacial score (nSPS) is 10.9. The van der Waals surface area contributed by atoms with Gasteiger partial charge >= 0.3 is 0 Å². The van der Waals surface area contributed by atoms with E-state index in [0.29, 0.717) is 6.42 Å². The number of aromatic nitrogens is 1. The lowest BCUT2D eigenvalue weighted by Crippen LogP contribution is -2.21. The molecule has 0 spiro atoms. The molecule has 0 aliphatic rings. The van der Waals surface area contributed by atoms with Crippen LogP contribution in [0.4, 0.5) is 0 Å². The number of para-hydroxylation sites is 1. The third kappa shape index (κ3) is 2.96. The Morgan fingerprint density at radius 3 is 2.79 bits per heavy atom. The van der Waals surface area contributed by atoms with Crippen molar-refractivity contribution in [3.8, 4) is 0 Å². The molecule has 0 fully saturated rings. The molecule has 1 heterocycles. The third-order valence-electron chi connectivity index (χ3n) is 3.33. The zero-order valence-electron chi connectivity index (χ0n) is 11.5. The molecule has 0 aliphatic carbocycles. The SMILES string of the molecule is CN(C)C(=O)CCCn1ccc2cccc(CO)c21. The highest BCUT2D eigenvalue weighted by Crippen LogP contribution is 2.21. The predicted octanol–water partition coefficient (Wildman–Crippen LogP) is 2.00. The van der Waals surface area contributed by atoms with Gasteiger partial charge in [0.15, 0.2) is 0 Å². The van der Waals surface area contributed by atoms with Crippen LogP contribution in [-0.4, -0.2) is 34.6 Å². The summed E-state index contributed by atoms with van der Waals surface area (Å²) in [5, 5.41) is 10.5. The number of fused-ring (bicyclic) bond motifs is 1. The fraction of sp³-hybridized carbons (Fsp3) is 0.400. The summed E-state index contributed by atoms with van der Waals surface area (Å²) in [6, 6.07) is 7.97. The van der Waals surface area contributed by atoms with Crippen LogP contribution in [0.1, 0.15) is 18.4 Å². The smallest absolute Gasteiger partial charge is 0.222 e. The first kappa shape index (κ1) is 13.6. The maximum atomic E-state index is 11.5. The van der Waals surface area contributed by atoms with Gasteiger partial charge in [0.05, 0.1) is 12.1 Å². The average molecular weight is 260 g/mol. The average Bonchev–Trinajstić information content (AvgIpc) is 2.82. The minimum Gasteiger partial charge on any atom is -0.392 e. The maximum absolute atomic E-state index is 11.5. The monoisotopic (exact) mass is 260 g/mol. The molecule has 0 unspecified atom stereocenters. The van der Waals surface area contributed by atoms with Crippen LogP contribution < -0.4 is 0 Å². The fourth-order valence-electron chi connectivity index (χ4n) is 2.28. The molecule has 4 nitrogen and oxygen atoms in total. The van der Waals surface area contributed by atoms with Crippen molar-refractivity contribution < 1.29 is 9.90 Å².